The molecule has 0 radical (unpaired) electrons. The van der Waals surface area contributed by atoms with Gasteiger partial charge in [0.1, 0.15) is 0 Å². The lowest BCUT2D eigenvalue weighted by molar-refractivity contribution is -0.128. The zero-order valence-electron chi connectivity index (χ0n) is 19.1. The Morgan fingerprint density at radius 2 is 1.91 bits per heavy atom. The fraction of sp³-hybridized carbons (Fsp3) is 0.652. The summed E-state index contributed by atoms with van der Waals surface area (Å²) in [5.74, 6) is -0.916. The minimum atomic E-state index is -3.38. The first-order valence-electron chi connectivity index (χ1n) is 11.1. The maximum Gasteiger partial charge on any atom is 0.395 e. The maximum atomic E-state index is 13.5. The molecule has 2 saturated heterocycles. The molecule has 0 aromatic heterocycles. The minimum Gasteiger partial charge on any atom is -0.371 e. The number of nitrogens with zero attached hydrogens (tertiary/aromatic N) is 2. The molecule has 1 aromatic rings. The Bertz CT molecular complexity index is 857. The average Bonchev–Trinajstić information content (AvgIpc) is 3.34. The summed E-state index contributed by atoms with van der Waals surface area (Å²) in [6.45, 7) is 5.25. The first-order valence-corrected chi connectivity index (χ1v) is 11.5. The van der Waals surface area contributed by atoms with Crippen molar-refractivity contribution < 1.29 is 23.1 Å². The van der Waals surface area contributed by atoms with Gasteiger partial charge in [0.25, 0.3) is 11.8 Å². The van der Waals surface area contributed by atoms with Crippen LogP contribution in [0.1, 0.15) is 49.9 Å². The highest BCUT2D eigenvalue weighted by molar-refractivity contribution is 6.34. The van der Waals surface area contributed by atoms with Gasteiger partial charge in [0.15, 0.2) is 0 Å². The third-order valence-corrected chi connectivity index (χ3v) is 6.79. The van der Waals surface area contributed by atoms with Crippen molar-refractivity contribution in [3.05, 3.63) is 28.8 Å². The molecule has 2 aliphatic heterocycles. The van der Waals surface area contributed by atoms with Crippen LogP contribution >= 0.6 is 11.6 Å². The van der Waals surface area contributed by atoms with Crippen molar-refractivity contribution in [3.63, 3.8) is 0 Å². The molecule has 2 amide bonds. The summed E-state index contributed by atoms with van der Waals surface area (Å²) >= 11 is 6.34. The van der Waals surface area contributed by atoms with Gasteiger partial charge >= 0.3 is 6.11 Å². The Balaban J connectivity index is 1.42. The molecule has 0 spiro atoms. The van der Waals surface area contributed by atoms with E-state index in [9.17, 15) is 18.4 Å². The van der Waals surface area contributed by atoms with Gasteiger partial charge < -0.3 is 15.1 Å². The number of rotatable bonds is 8. The Kier molecular flexibility index (Phi) is 7.34. The largest absolute Gasteiger partial charge is 0.395 e. The van der Waals surface area contributed by atoms with Gasteiger partial charge in [-0.3, -0.25) is 14.3 Å². The first kappa shape index (κ1) is 24.7. The van der Waals surface area contributed by atoms with Gasteiger partial charge in [-0.2, -0.15) is 8.78 Å². The third kappa shape index (κ3) is 4.86. The number of benzene rings is 1. The standard InChI is InChI=1S/C23H32ClF2N3O3/c1-15(2)22(23(25,26)32-22)21(31)27-11-5-6-16-9-12-29(13-10-16)17-7-8-18(19(24)14-17)20(30)28(3)4/h7-8,14-16H,5-6,9-13H2,1-4H3,(H,27,31). The number of halogens is 3. The van der Waals surface area contributed by atoms with Crippen molar-refractivity contribution in [2.45, 2.75) is 51.2 Å². The Hall–Kier alpha value is -1.93. The van der Waals surface area contributed by atoms with Crippen LogP contribution in [0.15, 0.2) is 18.2 Å². The quantitative estimate of drug-likeness (QED) is 0.456. The van der Waals surface area contributed by atoms with Crippen LogP contribution in [0.5, 0.6) is 0 Å². The van der Waals surface area contributed by atoms with E-state index >= 15 is 0 Å². The van der Waals surface area contributed by atoms with Gasteiger partial charge in [-0.25, -0.2) is 0 Å². The van der Waals surface area contributed by atoms with Gasteiger partial charge in [0, 0.05) is 45.3 Å². The molecular formula is C23H32ClF2N3O3. The van der Waals surface area contributed by atoms with Crippen molar-refractivity contribution in [3.8, 4) is 0 Å². The summed E-state index contributed by atoms with van der Waals surface area (Å²) in [6, 6.07) is 5.54. The highest BCUT2D eigenvalue weighted by Gasteiger charge is 2.80. The topological polar surface area (TPSA) is 65.2 Å². The molecule has 3 rings (SSSR count). The molecule has 2 fully saturated rings. The molecule has 0 saturated carbocycles. The summed E-state index contributed by atoms with van der Waals surface area (Å²) in [5, 5.41) is 3.07. The Morgan fingerprint density at radius 3 is 2.41 bits per heavy atom. The molecule has 2 heterocycles. The number of piperidine rings is 1. The van der Waals surface area contributed by atoms with Gasteiger partial charge in [-0.05, 0) is 49.8 Å². The van der Waals surface area contributed by atoms with E-state index in [1.165, 1.54) is 4.90 Å². The molecular weight excluding hydrogens is 440 g/mol. The molecule has 1 unspecified atom stereocenters. The fourth-order valence-electron chi connectivity index (χ4n) is 4.39. The molecule has 6 nitrogen and oxygen atoms in total. The molecule has 1 aromatic carbocycles. The fourth-order valence-corrected chi connectivity index (χ4v) is 4.65. The van der Waals surface area contributed by atoms with Gasteiger partial charge in [0.05, 0.1) is 10.6 Å². The van der Waals surface area contributed by atoms with Crippen LogP contribution in [-0.4, -0.2) is 62.2 Å². The number of hydrogen-bond donors (Lipinski definition) is 1. The number of epoxide rings is 1. The monoisotopic (exact) mass is 471 g/mol. The summed E-state index contributed by atoms with van der Waals surface area (Å²) in [5.41, 5.74) is -0.516. The van der Waals surface area contributed by atoms with Gasteiger partial charge in [-0.15, -0.1) is 0 Å². The number of carbonyl (C=O) groups is 2. The normalized spacial score (nSPS) is 22.7. The van der Waals surface area contributed by atoms with Crippen molar-refractivity contribution in [1.29, 1.82) is 0 Å². The Labute approximate surface area is 193 Å². The lowest BCUT2D eigenvalue weighted by atomic mass is 9.91. The van der Waals surface area contributed by atoms with Crippen LogP contribution < -0.4 is 10.2 Å². The summed E-state index contributed by atoms with van der Waals surface area (Å²) in [6.07, 6.45) is 0.293. The summed E-state index contributed by atoms with van der Waals surface area (Å²) < 4.78 is 31.5. The van der Waals surface area contributed by atoms with E-state index in [1.807, 2.05) is 12.1 Å². The van der Waals surface area contributed by atoms with Crippen LogP contribution in [0, 0.1) is 11.8 Å². The highest BCUT2D eigenvalue weighted by Crippen LogP contribution is 2.55. The lowest BCUT2D eigenvalue weighted by Gasteiger charge is -2.34. The van der Waals surface area contributed by atoms with Gasteiger partial charge in [0.2, 0.25) is 5.60 Å². The summed E-state index contributed by atoms with van der Waals surface area (Å²) in [4.78, 5) is 28.1. The maximum absolute atomic E-state index is 13.5. The average molecular weight is 472 g/mol. The number of alkyl halides is 2. The van der Waals surface area contributed by atoms with Crippen LogP contribution in [0.3, 0.4) is 0 Å². The van der Waals surface area contributed by atoms with Crippen molar-refractivity contribution >= 4 is 29.1 Å². The van der Waals surface area contributed by atoms with Crippen LogP contribution in [0.25, 0.3) is 0 Å². The van der Waals surface area contributed by atoms with E-state index < -0.39 is 23.5 Å². The second-order valence-electron chi connectivity index (χ2n) is 9.20. The predicted molar refractivity (Wildman–Crippen MR) is 120 cm³/mol. The second kappa shape index (κ2) is 9.51. The zero-order chi connectivity index (χ0) is 23.7. The molecule has 2 aliphatic rings. The number of anilines is 1. The van der Waals surface area contributed by atoms with Crippen molar-refractivity contribution in [1.82, 2.24) is 10.2 Å². The predicted octanol–water partition coefficient (Wildman–Crippen LogP) is 4.17. The molecule has 0 bridgehead atoms. The van der Waals surface area contributed by atoms with Crippen LogP contribution in [-0.2, 0) is 9.53 Å². The third-order valence-electron chi connectivity index (χ3n) is 6.47. The highest BCUT2D eigenvalue weighted by atomic mass is 35.5. The van der Waals surface area contributed by atoms with E-state index in [4.69, 9.17) is 11.6 Å². The molecule has 32 heavy (non-hydrogen) atoms. The van der Waals surface area contributed by atoms with Crippen molar-refractivity contribution in [2.24, 2.45) is 11.8 Å². The van der Waals surface area contributed by atoms with E-state index in [1.54, 1.807) is 34.0 Å². The SMILES string of the molecule is CC(C)C1(C(=O)NCCCC2CCN(c3ccc(C(=O)N(C)C)c(Cl)c3)CC2)OC1(F)F. The zero-order valence-corrected chi connectivity index (χ0v) is 19.8. The summed E-state index contributed by atoms with van der Waals surface area (Å²) in [7, 11) is 3.39. The number of ether oxygens (including phenoxy) is 1. The molecule has 0 aliphatic carbocycles. The first-order chi connectivity index (χ1) is 15.0. The molecule has 9 heteroatoms. The van der Waals surface area contributed by atoms with E-state index in [0.717, 1.165) is 44.5 Å². The number of hydrogen-bond acceptors (Lipinski definition) is 4. The van der Waals surface area contributed by atoms with Crippen molar-refractivity contribution in [2.75, 3.05) is 38.6 Å². The number of carbonyl (C=O) groups excluding carboxylic acids is 2. The van der Waals surface area contributed by atoms with Crippen LogP contribution in [0.4, 0.5) is 14.5 Å². The molecule has 1 N–H and O–H groups in total. The lowest BCUT2D eigenvalue weighted by Crippen LogP contribution is -2.44. The number of nitrogens with one attached hydrogen (secondary N) is 1. The van der Waals surface area contributed by atoms with E-state index in [0.29, 0.717) is 23.0 Å². The smallest absolute Gasteiger partial charge is 0.371 e. The molecule has 178 valence electrons. The van der Waals surface area contributed by atoms with Gasteiger partial charge in [-0.1, -0.05) is 25.4 Å². The van der Waals surface area contributed by atoms with Crippen LogP contribution in [0.2, 0.25) is 5.02 Å². The van der Waals surface area contributed by atoms with E-state index in [-0.39, 0.29) is 5.91 Å². The Morgan fingerprint density at radius 1 is 1.28 bits per heavy atom. The second-order valence-corrected chi connectivity index (χ2v) is 9.61. The minimum absolute atomic E-state index is 0.122. The molecule has 1 atom stereocenters. The number of amides is 2. The van der Waals surface area contributed by atoms with E-state index in [2.05, 4.69) is 15.0 Å².